The van der Waals surface area contributed by atoms with Gasteiger partial charge in [-0.15, -0.1) is 0 Å². The van der Waals surface area contributed by atoms with Gasteiger partial charge in [0.05, 0.1) is 6.04 Å². The van der Waals surface area contributed by atoms with Crippen molar-refractivity contribution in [1.82, 2.24) is 20.7 Å². The van der Waals surface area contributed by atoms with Crippen LogP contribution in [0.25, 0.3) is 0 Å². The molecule has 17 heteroatoms. The SMILES string of the molecule is CC(C)[C@H](NC(=O)N[C@H](C(=O)O)[C@@H]1CCN=C(NS(=O)(=O)OCC(Cl)(Cl)Cl)N1)C(=O)OC(C)(C)C. The molecule has 0 fully saturated rings. The quantitative estimate of drug-likeness (QED) is 0.196. The summed E-state index contributed by atoms with van der Waals surface area (Å²) in [6.45, 7) is 7.64. The molecule has 2 amide bonds. The maximum atomic E-state index is 12.6. The average molecular weight is 583 g/mol. The fourth-order valence-corrected chi connectivity index (χ4v) is 3.84. The third-order valence-corrected chi connectivity index (χ3v) is 5.40. The van der Waals surface area contributed by atoms with Crippen LogP contribution in [0.3, 0.4) is 0 Å². The molecule has 0 radical (unpaired) electrons. The highest BCUT2D eigenvalue weighted by molar-refractivity contribution is 7.85. The lowest BCUT2D eigenvalue weighted by molar-refractivity contribution is -0.158. The molecule has 0 bridgehead atoms. The van der Waals surface area contributed by atoms with E-state index in [-0.39, 0.29) is 24.8 Å². The van der Waals surface area contributed by atoms with Gasteiger partial charge in [-0.3, -0.25) is 4.99 Å². The average Bonchev–Trinajstić information content (AvgIpc) is 2.66. The second-order valence-corrected chi connectivity index (χ2v) is 12.8. The van der Waals surface area contributed by atoms with E-state index >= 15 is 0 Å². The number of aliphatic imine (C=N–C) groups is 1. The highest BCUT2D eigenvalue weighted by Crippen LogP contribution is 2.26. The number of hydrogen-bond acceptors (Lipinski definition) is 9. The lowest BCUT2D eigenvalue weighted by atomic mass is 10.0. The van der Waals surface area contributed by atoms with E-state index in [4.69, 9.17) is 39.5 Å². The van der Waals surface area contributed by atoms with Gasteiger partial charge in [-0.25, -0.2) is 23.3 Å². The smallest absolute Gasteiger partial charge is 0.362 e. The molecule has 1 rings (SSSR count). The molecule has 0 aliphatic carbocycles. The molecule has 3 atom stereocenters. The van der Waals surface area contributed by atoms with Crippen molar-refractivity contribution >= 4 is 69.0 Å². The number of carboxylic acids is 1. The van der Waals surface area contributed by atoms with E-state index in [1.165, 1.54) is 0 Å². The summed E-state index contributed by atoms with van der Waals surface area (Å²) >= 11 is 16.4. The van der Waals surface area contributed by atoms with Crippen LogP contribution in [0.5, 0.6) is 0 Å². The van der Waals surface area contributed by atoms with Crippen molar-refractivity contribution in [3.63, 3.8) is 0 Å². The van der Waals surface area contributed by atoms with E-state index in [9.17, 15) is 27.9 Å². The zero-order chi connectivity index (χ0) is 27.2. The number of guanidine groups is 1. The van der Waals surface area contributed by atoms with Gasteiger partial charge in [0.1, 0.15) is 24.3 Å². The first-order valence-corrected chi connectivity index (χ1v) is 12.9. The first-order valence-electron chi connectivity index (χ1n) is 10.4. The van der Waals surface area contributed by atoms with Crippen LogP contribution in [0.2, 0.25) is 0 Å². The standard InChI is InChI=1S/C18H30Cl3N5O8S/c1-9(2)11(14(29)34-17(3,4)5)24-16(30)25-12(13(27)28)10-6-7-22-15(23-10)26-35(31,32)33-8-18(19,20)21/h9-12H,6-8H2,1-5H3,(H,27,28)(H2,22,23,26)(H2,24,25,30)/t10-,11-,12-/m0/s1. The van der Waals surface area contributed by atoms with Crippen LogP contribution in [-0.4, -0.2) is 78.1 Å². The predicted molar refractivity (Wildman–Crippen MR) is 130 cm³/mol. The summed E-state index contributed by atoms with van der Waals surface area (Å²) in [6, 6.07) is -4.46. The summed E-state index contributed by atoms with van der Waals surface area (Å²) in [5, 5.41) is 17.0. The highest BCUT2D eigenvalue weighted by atomic mass is 35.6. The number of rotatable bonds is 9. The minimum absolute atomic E-state index is 0.0274. The molecule has 1 aliphatic rings. The Morgan fingerprint density at radius 2 is 1.80 bits per heavy atom. The number of amides is 2. The molecule has 0 aromatic heterocycles. The number of carbonyl (C=O) groups is 3. The Kier molecular flexibility index (Phi) is 11.2. The first-order chi connectivity index (χ1) is 15.8. The van der Waals surface area contributed by atoms with Gasteiger partial charge in [0.15, 0.2) is 0 Å². The van der Waals surface area contributed by atoms with Gasteiger partial charge >= 0.3 is 28.3 Å². The Hall–Kier alpha value is -1.74. The lowest BCUT2D eigenvalue weighted by Crippen LogP contribution is -2.62. The van der Waals surface area contributed by atoms with Crippen LogP contribution in [0.4, 0.5) is 4.79 Å². The minimum Gasteiger partial charge on any atom is -0.480 e. The van der Waals surface area contributed by atoms with E-state index in [2.05, 4.69) is 25.1 Å². The van der Waals surface area contributed by atoms with E-state index in [0.29, 0.717) is 0 Å². The first kappa shape index (κ1) is 31.3. The summed E-state index contributed by atoms with van der Waals surface area (Å²) in [5.74, 6) is -2.77. The molecule has 0 aromatic rings. The molecule has 0 unspecified atom stereocenters. The predicted octanol–water partition coefficient (Wildman–Crippen LogP) is 1.04. The molecule has 13 nitrogen and oxygen atoms in total. The normalized spacial score (nSPS) is 18.5. The number of aliphatic carboxylic acids is 1. The summed E-state index contributed by atoms with van der Waals surface area (Å²) in [6.07, 6.45) is 0.136. The monoisotopic (exact) mass is 581 g/mol. The molecule has 0 saturated heterocycles. The molecule has 1 heterocycles. The Bertz CT molecular complexity index is 918. The van der Waals surface area contributed by atoms with Crippen molar-refractivity contribution in [2.45, 2.75) is 68.6 Å². The number of alkyl halides is 3. The molecule has 0 saturated carbocycles. The fourth-order valence-electron chi connectivity index (χ4n) is 2.73. The summed E-state index contributed by atoms with van der Waals surface area (Å²) < 4.78 is 33.8. The maximum absolute atomic E-state index is 12.6. The number of hydrogen-bond donors (Lipinski definition) is 5. The number of urea groups is 1. The largest absolute Gasteiger partial charge is 0.480 e. The molecular formula is C18H30Cl3N5O8S. The molecule has 5 N–H and O–H groups in total. The molecule has 0 aromatic carbocycles. The Morgan fingerprint density at radius 1 is 1.20 bits per heavy atom. The zero-order valence-electron chi connectivity index (χ0n) is 19.7. The van der Waals surface area contributed by atoms with Crippen LogP contribution in [0.15, 0.2) is 4.99 Å². The van der Waals surface area contributed by atoms with Crippen molar-refractivity contribution in [2.75, 3.05) is 13.2 Å². The molecule has 1 aliphatic heterocycles. The number of carbonyl (C=O) groups excluding carboxylic acids is 2. The van der Waals surface area contributed by atoms with Gasteiger partial charge in [0.25, 0.3) is 0 Å². The fraction of sp³-hybridized carbons (Fsp3) is 0.778. The number of halogens is 3. The lowest BCUT2D eigenvalue weighted by Gasteiger charge is -2.31. The zero-order valence-corrected chi connectivity index (χ0v) is 22.8. The number of carboxylic acid groups (broad SMARTS) is 1. The van der Waals surface area contributed by atoms with Crippen molar-refractivity contribution in [3.8, 4) is 0 Å². The Labute approximate surface area is 218 Å². The van der Waals surface area contributed by atoms with Crippen LogP contribution >= 0.6 is 34.8 Å². The van der Waals surface area contributed by atoms with E-state index in [1.54, 1.807) is 34.6 Å². The third kappa shape index (κ3) is 12.2. The summed E-state index contributed by atoms with van der Waals surface area (Å²) in [5.41, 5.74) is -0.788. The van der Waals surface area contributed by atoms with Gasteiger partial charge in [-0.05, 0) is 33.1 Å². The highest BCUT2D eigenvalue weighted by Gasteiger charge is 2.35. The van der Waals surface area contributed by atoms with Gasteiger partial charge in [0, 0.05) is 6.54 Å². The topological polar surface area (TPSA) is 185 Å². The van der Waals surface area contributed by atoms with E-state index in [1.807, 2.05) is 4.72 Å². The second kappa shape index (κ2) is 12.5. The molecular weight excluding hydrogens is 553 g/mol. The van der Waals surface area contributed by atoms with E-state index < -0.39 is 62.4 Å². The second-order valence-electron chi connectivity index (χ2n) is 8.89. The summed E-state index contributed by atoms with van der Waals surface area (Å²) in [7, 11) is -4.45. The van der Waals surface area contributed by atoms with Crippen LogP contribution in [0, 0.1) is 5.92 Å². The number of ether oxygens (including phenoxy) is 1. The molecule has 35 heavy (non-hydrogen) atoms. The number of nitrogens with zero attached hydrogens (tertiary/aromatic N) is 1. The van der Waals surface area contributed by atoms with Crippen molar-refractivity contribution in [2.24, 2.45) is 10.9 Å². The van der Waals surface area contributed by atoms with Crippen LogP contribution in [-0.2, 0) is 28.8 Å². The van der Waals surface area contributed by atoms with Crippen molar-refractivity contribution in [3.05, 3.63) is 0 Å². The van der Waals surface area contributed by atoms with Gasteiger partial charge in [-0.1, -0.05) is 48.7 Å². The molecule has 0 spiro atoms. The van der Waals surface area contributed by atoms with Crippen molar-refractivity contribution < 1.29 is 36.8 Å². The van der Waals surface area contributed by atoms with Gasteiger partial charge in [0.2, 0.25) is 9.75 Å². The summed E-state index contributed by atoms with van der Waals surface area (Å²) in [4.78, 5) is 40.8. The number of esters is 1. The van der Waals surface area contributed by atoms with E-state index in [0.717, 1.165) is 0 Å². The van der Waals surface area contributed by atoms with Crippen molar-refractivity contribution in [1.29, 1.82) is 0 Å². The molecule has 202 valence electrons. The maximum Gasteiger partial charge on any atom is 0.362 e. The number of nitrogens with one attached hydrogen (secondary N) is 4. The third-order valence-electron chi connectivity index (χ3n) is 4.20. The van der Waals surface area contributed by atoms with Crippen LogP contribution < -0.4 is 20.7 Å². The van der Waals surface area contributed by atoms with Gasteiger partial charge < -0.3 is 25.8 Å². The van der Waals surface area contributed by atoms with Gasteiger partial charge in [-0.2, -0.15) is 8.42 Å². The minimum atomic E-state index is -4.45. The Morgan fingerprint density at radius 3 is 2.29 bits per heavy atom. The Balaban J connectivity index is 2.85. The van der Waals surface area contributed by atoms with Crippen LogP contribution in [0.1, 0.15) is 41.0 Å².